The maximum Gasteiger partial charge on any atom is 0.397 e. The van der Waals surface area contributed by atoms with Gasteiger partial charge in [-0.25, -0.2) is 4.18 Å². The number of allylic oxidation sites excluding steroid dienone is 2. The maximum absolute atomic E-state index is 12.9. The zero-order chi connectivity index (χ0) is 45.4. The van der Waals surface area contributed by atoms with Gasteiger partial charge in [0, 0.05) is 13.0 Å². The molecule has 0 aromatic heterocycles. The smallest absolute Gasteiger partial charge is 0.397 e. The van der Waals surface area contributed by atoms with E-state index in [9.17, 15) is 33.1 Å². The average molecular weight is 907 g/mol. The molecule has 0 spiro atoms. The Hall–Kier alpha value is -1.16. The van der Waals surface area contributed by atoms with Gasteiger partial charge >= 0.3 is 16.4 Å². The molecule has 1 aliphatic rings. The van der Waals surface area contributed by atoms with Gasteiger partial charge in [-0.15, -0.1) is 0 Å². The molecule has 0 saturated carbocycles. The van der Waals surface area contributed by atoms with Crippen LogP contribution in [0, 0.1) is 0 Å². The first-order chi connectivity index (χ1) is 30.1. The van der Waals surface area contributed by atoms with Crippen molar-refractivity contribution in [3.63, 3.8) is 0 Å². The summed E-state index contributed by atoms with van der Waals surface area (Å²) in [7, 11) is -5.06. The summed E-state index contributed by atoms with van der Waals surface area (Å²) in [5.74, 6) is -0.402. The van der Waals surface area contributed by atoms with Gasteiger partial charge in [-0.1, -0.05) is 199 Å². The Morgan fingerprint density at radius 2 is 1.02 bits per heavy atom. The summed E-state index contributed by atoms with van der Waals surface area (Å²) >= 11 is 0. The summed E-state index contributed by atoms with van der Waals surface area (Å²) in [5.41, 5.74) is 0. The molecule has 0 bridgehead atoms. The van der Waals surface area contributed by atoms with Crippen LogP contribution in [0.3, 0.4) is 0 Å². The van der Waals surface area contributed by atoms with Gasteiger partial charge in [0.25, 0.3) is 0 Å². The quantitative estimate of drug-likeness (QED) is 0.0197. The Kier molecular flexibility index (Phi) is 39.2. The molecule has 1 fully saturated rings. The van der Waals surface area contributed by atoms with Crippen molar-refractivity contribution in [3.8, 4) is 0 Å². The number of aliphatic hydroxyl groups excluding tert-OH is 3. The van der Waals surface area contributed by atoms with Crippen LogP contribution in [0.4, 0.5) is 0 Å². The van der Waals surface area contributed by atoms with Crippen LogP contribution in [0.25, 0.3) is 0 Å². The monoisotopic (exact) mass is 907 g/mol. The van der Waals surface area contributed by atoms with Gasteiger partial charge in [-0.2, -0.15) is 8.42 Å². The number of unbranched alkanes of at least 4 members (excludes halogenated alkanes) is 30. The zero-order valence-corrected chi connectivity index (χ0v) is 40.3. The molecule has 1 rings (SSSR count). The lowest BCUT2D eigenvalue weighted by molar-refractivity contribution is -0.301. The Balaban J connectivity index is 2.36. The lowest BCUT2D eigenvalue weighted by Gasteiger charge is -2.41. The van der Waals surface area contributed by atoms with Crippen molar-refractivity contribution in [2.45, 2.75) is 269 Å². The largest absolute Gasteiger partial charge is 0.457 e. The summed E-state index contributed by atoms with van der Waals surface area (Å²) < 4.78 is 59.2. The van der Waals surface area contributed by atoms with Crippen LogP contribution in [0.5, 0.6) is 0 Å². The molecular formula is C49H94O12S. The molecule has 62 heavy (non-hydrogen) atoms. The number of hydrogen-bond acceptors (Lipinski definition) is 11. The highest BCUT2D eigenvalue weighted by atomic mass is 32.3. The van der Waals surface area contributed by atoms with Crippen molar-refractivity contribution < 1.29 is 56.2 Å². The molecule has 0 amide bonds. The number of rotatable bonds is 45. The summed E-state index contributed by atoms with van der Waals surface area (Å²) in [6, 6.07) is 0. The van der Waals surface area contributed by atoms with Crippen LogP contribution < -0.4 is 0 Å². The van der Waals surface area contributed by atoms with E-state index in [4.69, 9.17) is 18.9 Å². The highest BCUT2D eigenvalue weighted by Gasteiger charge is 2.48. The molecule has 1 aliphatic heterocycles. The van der Waals surface area contributed by atoms with Crippen molar-refractivity contribution in [1.29, 1.82) is 0 Å². The predicted octanol–water partition coefficient (Wildman–Crippen LogP) is 11.4. The lowest BCUT2D eigenvalue weighted by atomic mass is 9.99. The van der Waals surface area contributed by atoms with Gasteiger partial charge in [0.1, 0.15) is 30.5 Å². The van der Waals surface area contributed by atoms with Crippen LogP contribution >= 0.6 is 0 Å². The van der Waals surface area contributed by atoms with Crippen molar-refractivity contribution in [1.82, 2.24) is 0 Å². The van der Waals surface area contributed by atoms with Gasteiger partial charge < -0.3 is 34.3 Å². The Bertz CT molecular complexity index is 1140. The first kappa shape index (κ1) is 58.9. The standard InChI is InChI=1S/C49H94O12S/c1-3-5-7-9-11-13-15-17-19-21-22-23-25-27-29-31-33-35-37-39-57-41-43(42-58-49-47(53)48(61-62(54,55)56)46(52)44(40-50)60-49)59-45(51)38-36-34-32-30-28-26-24-20-18-16-14-12-10-8-6-4-2/h20,24,43-44,46-50,52-53H,3-19,21-23,25-42H2,1-2H3,(H,54,55,56)/b24-20-. The second-order valence-electron chi connectivity index (χ2n) is 17.8. The fraction of sp³-hybridized carbons (Fsp3) is 0.939. The molecule has 6 atom stereocenters. The highest BCUT2D eigenvalue weighted by molar-refractivity contribution is 7.80. The fourth-order valence-electron chi connectivity index (χ4n) is 8.02. The predicted molar refractivity (Wildman–Crippen MR) is 248 cm³/mol. The number of hydrogen-bond donors (Lipinski definition) is 4. The molecule has 0 radical (unpaired) electrons. The number of esters is 1. The third-order valence-corrected chi connectivity index (χ3v) is 12.4. The minimum absolute atomic E-state index is 0.0388. The zero-order valence-electron chi connectivity index (χ0n) is 39.5. The van der Waals surface area contributed by atoms with Gasteiger partial charge in [0.2, 0.25) is 0 Å². The van der Waals surface area contributed by atoms with Crippen LogP contribution in [0.2, 0.25) is 0 Å². The molecule has 4 N–H and O–H groups in total. The van der Waals surface area contributed by atoms with Crippen LogP contribution in [0.1, 0.15) is 232 Å². The van der Waals surface area contributed by atoms with E-state index in [-0.39, 0.29) is 19.6 Å². The molecule has 0 aliphatic carbocycles. The SMILES string of the molecule is CCCCCCCCC/C=C\CCCCCCCC(=O)OC(COCCCCCCCCCCCCCCCCCCCCC)COC1OC(CO)C(O)C(OS(=O)(=O)O)C1O. The summed E-state index contributed by atoms with van der Waals surface area (Å²) in [6.07, 6.45) is 36.7. The van der Waals surface area contributed by atoms with Gasteiger partial charge in [-0.3, -0.25) is 9.35 Å². The molecule has 0 aromatic rings. The van der Waals surface area contributed by atoms with Crippen LogP contribution in [-0.4, -0.2) is 97.5 Å². The van der Waals surface area contributed by atoms with E-state index in [0.717, 1.165) is 57.8 Å². The average Bonchev–Trinajstić information content (AvgIpc) is 3.24. The molecular weight excluding hydrogens is 813 g/mol. The van der Waals surface area contributed by atoms with Crippen LogP contribution in [0.15, 0.2) is 12.2 Å². The summed E-state index contributed by atoms with van der Waals surface area (Å²) in [6.45, 7) is 4.02. The van der Waals surface area contributed by atoms with Crippen molar-refractivity contribution in [3.05, 3.63) is 12.2 Å². The number of carbonyl (C=O) groups excluding carboxylic acids is 1. The molecule has 1 saturated heterocycles. The third kappa shape index (κ3) is 34.2. The second-order valence-corrected chi connectivity index (χ2v) is 18.8. The lowest BCUT2D eigenvalue weighted by Crippen LogP contribution is -2.60. The van der Waals surface area contributed by atoms with Crippen molar-refractivity contribution >= 4 is 16.4 Å². The normalized spacial score (nSPS) is 20.0. The molecule has 0 aromatic carbocycles. The van der Waals surface area contributed by atoms with E-state index in [1.54, 1.807) is 0 Å². The number of ether oxygens (including phenoxy) is 4. The van der Waals surface area contributed by atoms with Gasteiger partial charge in [-0.05, 0) is 38.5 Å². The van der Waals surface area contributed by atoms with Gasteiger partial charge in [0.05, 0.1) is 19.8 Å². The third-order valence-electron chi connectivity index (χ3n) is 11.9. The maximum atomic E-state index is 12.9. The Morgan fingerprint density at radius 1 is 0.597 bits per heavy atom. The Morgan fingerprint density at radius 3 is 1.45 bits per heavy atom. The summed E-state index contributed by atoms with van der Waals surface area (Å²) in [5, 5.41) is 30.7. The molecule has 1 heterocycles. The topological polar surface area (TPSA) is 178 Å². The van der Waals surface area contributed by atoms with E-state index in [1.807, 2.05) is 0 Å². The molecule has 368 valence electrons. The highest BCUT2D eigenvalue weighted by Crippen LogP contribution is 2.26. The molecule has 13 heteroatoms. The number of carbonyl (C=O) groups is 1. The van der Waals surface area contributed by atoms with E-state index >= 15 is 0 Å². The minimum Gasteiger partial charge on any atom is -0.457 e. The molecule has 12 nitrogen and oxygen atoms in total. The van der Waals surface area contributed by atoms with Crippen LogP contribution in [-0.2, 0) is 38.3 Å². The minimum atomic E-state index is -5.06. The van der Waals surface area contributed by atoms with E-state index in [2.05, 4.69) is 30.2 Å². The summed E-state index contributed by atoms with van der Waals surface area (Å²) in [4.78, 5) is 12.9. The first-order valence-electron chi connectivity index (χ1n) is 25.4. The number of aliphatic hydroxyl groups is 3. The van der Waals surface area contributed by atoms with Gasteiger partial charge in [0.15, 0.2) is 6.29 Å². The second kappa shape index (κ2) is 41.3. The van der Waals surface area contributed by atoms with Crippen molar-refractivity contribution in [2.24, 2.45) is 0 Å². The van der Waals surface area contributed by atoms with Crippen molar-refractivity contribution in [2.75, 3.05) is 26.4 Å². The Labute approximate surface area is 379 Å². The van der Waals surface area contributed by atoms with E-state index < -0.39 is 59.8 Å². The fourth-order valence-corrected chi connectivity index (χ4v) is 8.53. The van der Waals surface area contributed by atoms with E-state index in [1.165, 1.54) is 148 Å². The first-order valence-corrected chi connectivity index (χ1v) is 26.8. The van der Waals surface area contributed by atoms with E-state index in [0.29, 0.717) is 13.0 Å². The molecule has 6 unspecified atom stereocenters.